The normalized spacial score (nSPS) is 11.8. The zero-order chi connectivity index (χ0) is 15.9. The van der Waals surface area contributed by atoms with Gasteiger partial charge in [0, 0.05) is 24.6 Å². The summed E-state index contributed by atoms with van der Waals surface area (Å²) >= 11 is 0. The fraction of sp³-hybridized carbons (Fsp3) is 0.278. The van der Waals surface area contributed by atoms with Crippen LogP contribution in [0.2, 0.25) is 0 Å². The molecule has 1 unspecified atom stereocenters. The number of para-hydroxylation sites is 1. The second kappa shape index (κ2) is 7.61. The lowest BCUT2D eigenvalue weighted by atomic mass is 10.1. The van der Waals surface area contributed by atoms with Gasteiger partial charge in [0.1, 0.15) is 11.5 Å². The zero-order valence-electron chi connectivity index (χ0n) is 13.0. The molecule has 1 amide bonds. The van der Waals surface area contributed by atoms with Crippen LogP contribution in [0.25, 0.3) is 0 Å². The van der Waals surface area contributed by atoms with E-state index in [-0.39, 0.29) is 11.9 Å². The summed E-state index contributed by atoms with van der Waals surface area (Å²) in [5.41, 5.74) is 7.67. The molecule has 0 fully saturated rings. The average Bonchev–Trinajstić information content (AvgIpc) is 2.47. The standard InChI is InChI=1S/C18H22N2O2/c1-13-8-9-15(12-20-18(21)11-14(2)19)17(10-13)22-16-6-4-3-5-7-16/h3-10,14H,11-12,19H2,1-2H3,(H,20,21). The Bertz CT molecular complexity index is 624. The fourth-order valence-corrected chi connectivity index (χ4v) is 2.08. The van der Waals surface area contributed by atoms with Crippen molar-refractivity contribution in [3.8, 4) is 11.5 Å². The molecule has 0 aliphatic carbocycles. The number of nitrogens with one attached hydrogen (secondary N) is 1. The van der Waals surface area contributed by atoms with Crippen LogP contribution in [0.15, 0.2) is 48.5 Å². The van der Waals surface area contributed by atoms with E-state index in [0.29, 0.717) is 13.0 Å². The van der Waals surface area contributed by atoms with E-state index in [1.54, 1.807) is 0 Å². The molecular formula is C18H22N2O2. The molecule has 0 radical (unpaired) electrons. The van der Waals surface area contributed by atoms with Gasteiger partial charge in [-0.25, -0.2) is 0 Å². The Morgan fingerprint density at radius 1 is 1.23 bits per heavy atom. The minimum atomic E-state index is -0.141. The molecule has 22 heavy (non-hydrogen) atoms. The summed E-state index contributed by atoms with van der Waals surface area (Å²) in [4.78, 5) is 11.7. The summed E-state index contributed by atoms with van der Waals surface area (Å²) in [6.07, 6.45) is 0.320. The fourth-order valence-electron chi connectivity index (χ4n) is 2.08. The summed E-state index contributed by atoms with van der Waals surface area (Å²) in [6.45, 7) is 4.25. The molecule has 0 aliphatic heterocycles. The van der Waals surface area contributed by atoms with E-state index in [1.165, 1.54) is 0 Å². The van der Waals surface area contributed by atoms with Gasteiger partial charge in [0.05, 0.1) is 0 Å². The lowest BCUT2D eigenvalue weighted by Crippen LogP contribution is -2.29. The Balaban J connectivity index is 2.09. The van der Waals surface area contributed by atoms with Crippen molar-refractivity contribution in [2.24, 2.45) is 5.73 Å². The number of hydrogen-bond donors (Lipinski definition) is 2. The van der Waals surface area contributed by atoms with Crippen molar-refractivity contribution in [2.75, 3.05) is 0 Å². The molecule has 0 aromatic heterocycles. The van der Waals surface area contributed by atoms with Crippen molar-refractivity contribution < 1.29 is 9.53 Å². The summed E-state index contributed by atoms with van der Waals surface area (Å²) < 4.78 is 5.93. The molecule has 2 rings (SSSR count). The van der Waals surface area contributed by atoms with Crippen molar-refractivity contribution in [3.63, 3.8) is 0 Å². The molecule has 2 aromatic rings. The third-order valence-electron chi connectivity index (χ3n) is 3.18. The van der Waals surface area contributed by atoms with Gasteiger partial charge in [0.2, 0.25) is 5.91 Å². The van der Waals surface area contributed by atoms with Crippen molar-refractivity contribution in [3.05, 3.63) is 59.7 Å². The van der Waals surface area contributed by atoms with Gasteiger partial charge in [-0.2, -0.15) is 0 Å². The number of carbonyl (C=O) groups excluding carboxylic acids is 1. The molecule has 0 aliphatic rings. The van der Waals surface area contributed by atoms with E-state index in [4.69, 9.17) is 10.5 Å². The zero-order valence-corrected chi connectivity index (χ0v) is 13.0. The monoisotopic (exact) mass is 298 g/mol. The molecule has 116 valence electrons. The Morgan fingerprint density at radius 3 is 2.64 bits per heavy atom. The summed E-state index contributed by atoms with van der Waals surface area (Å²) in [7, 11) is 0. The maximum Gasteiger partial charge on any atom is 0.221 e. The quantitative estimate of drug-likeness (QED) is 0.861. The third-order valence-corrected chi connectivity index (χ3v) is 3.18. The Hall–Kier alpha value is -2.33. The molecule has 0 heterocycles. The van der Waals surface area contributed by atoms with Crippen molar-refractivity contribution in [1.29, 1.82) is 0 Å². The maximum absolute atomic E-state index is 11.7. The Morgan fingerprint density at radius 2 is 1.95 bits per heavy atom. The summed E-state index contributed by atoms with van der Waals surface area (Å²) in [6, 6.07) is 15.4. The second-order valence-corrected chi connectivity index (χ2v) is 5.48. The first kappa shape index (κ1) is 16.0. The molecule has 0 spiro atoms. The van der Waals surface area contributed by atoms with E-state index >= 15 is 0 Å². The van der Waals surface area contributed by atoms with E-state index < -0.39 is 0 Å². The van der Waals surface area contributed by atoms with Crippen LogP contribution in [0.4, 0.5) is 0 Å². The number of ether oxygens (including phenoxy) is 1. The SMILES string of the molecule is Cc1ccc(CNC(=O)CC(C)N)c(Oc2ccccc2)c1. The number of rotatable bonds is 6. The van der Waals surface area contributed by atoms with Gasteiger partial charge in [-0.15, -0.1) is 0 Å². The maximum atomic E-state index is 11.7. The van der Waals surface area contributed by atoms with Crippen molar-refractivity contribution in [2.45, 2.75) is 32.9 Å². The van der Waals surface area contributed by atoms with Crippen LogP contribution in [-0.4, -0.2) is 11.9 Å². The highest BCUT2D eigenvalue weighted by molar-refractivity contribution is 5.76. The summed E-state index contributed by atoms with van der Waals surface area (Å²) in [5, 5.41) is 2.88. The molecule has 4 nitrogen and oxygen atoms in total. The van der Waals surface area contributed by atoms with E-state index in [9.17, 15) is 4.79 Å². The molecule has 3 N–H and O–H groups in total. The lowest BCUT2D eigenvalue weighted by Gasteiger charge is -2.13. The van der Waals surface area contributed by atoms with Crippen LogP contribution in [0.5, 0.6) is 11.5 Å². The van der Waals surface area contributed by atoms with Gasteiger partial charge in [0.15, 0.2) is 0 Å². The molecule has 2 aromatic carbocycles. The van der Waals surface area contributed by atoms with Gasteiger partial charge in [-0.3, -0.25) is 4.79 Å². The predicted molar refractivity (Wildman–Crippen MR) is 87.8 cm³/mol. The molecule has 0 bridgehead atoms. The van der Waals surface area contributed by atoms with Gasteiger partial charge in [-0.1, -0.05) is 30.3 Å². The van der Waals surface area contributed by atoms with Crippen LogP contribution < -0.4 is 15.8 Å². The van der Waals surface area contributed by atoms with Crippen molar-refractivity contribution >= 4 is 5.91 Å². The minimum absolute atomic E-state index is 0.0544. The van der Waals surface area contributed by atoms with Crippen LogP contribution in [0.1, 0.15) is 24.5 Å². The van der Waals surface area contributed by atoms with Crippen LogP contribution >= 0.6 is 0 Å². The van der Waals surface area contributed by atoms with Crippen molar-refractivity contribution in [1.82, 2.24) is 5.32 Å². The van der Waals surface area contributed by atoms with Gasteiger partial charge >= 0.3 is 0 Å². The lowest BCUT2D eigenvalue weighted by molar-refractivity contribution is -0.121. The summed E-state index contributed by atoms with van der Waals surface area (Å²) in [5.74, 6) is 1.48. The average molecular weight is 298 g/mol. The number of nitrogens with two attached hydrogens (primary N) is 1. The number of amides is 1. The molecule has 0 saturated carbocycles. The number of benzene rings is 2. The van der Waals surface area contributed by atoms with Crippen LogP contribution in [-0.2, 0) is 11.3 Å². The number of hydrogen-bond acceptors (Lipinski definition) is 3. The van der Waals surface area contributed by atoms with Gasteiger partial charge in [0.25, 0.3) is 0 Å². The largest absolute Gasteiger partial charge is 0.457 e. The first-order valence-corrected chi connectivity index (χ1v) is 7.39. The highest BCUT2D eigenvalue weighted by Crippen LogP contribution is 2.26. The number of aryl methyl sites for hydroxylation is 1. The first-order valence-electron chi connectivity index (χ1n) is 7.39. The van der Waals surface area contributed by atoms with Crippen LogP contribution in [0, 0.1) is 6.92 Å². The van der Waals surface area contributed by atoms with E-state index in [0.717, 1.165) is 22.6 Å². The van der Waals surface area contributed by atoms with Gasteiger partial charge in [-0.05, 0) is 37.6 Å². The molecule has 1 atom stereocenters. The molecule has 4 heteroatoms. The van der Waals surface area contributed by atoms with Gasteiger partial charge < -0.3 is 15.8 Å². The van der Waals surface area contributed by atoms with E-state index in [2.05, 4.69) is 5.32 Å². The Kier molecular flexibility index (Phi) is 5.55. The highest BCUT2D eigenvalue weighted by atomic mass is 16.5. The number of carbonyl (C=O) groups is 1. The topological polar surface area (TPSA) is 64.4 Å². The molecule has 0 saturated heterocycles. The predicted octanol–water partition coefficient (Wildman–Crippen LogP) is 3.14. The minimum Gasteiger partial charge on any atom is -0.457 e. The first-order chi connectivity index (χ1) is 10.5. The van der Waals surface area contributed by atoms with Crippen LogP contribution in [0.3, 0.4) is 0 Å². The highest BCUT2D eigenvalue weighted by Gasteiger charge is 2.09. The second-order valence-electron chi connectivity index (χ2n) is 5.48. The Labute approximate surface area is 131 Å². The molecular weight excluding hydrogens is 276 g/mol. The third kappa shape index (κ3) is 4.90. The smallest absolute Gasteiger partial charge is 0.221 e. The van der Waals surface area contributed by atoms with E-state index in [1.807, 2.05) is 62.4 Å².